The molecule has 2 rings (SSSR count). The van der Waals surface area contributed by atoms with Crippen LogP contribution in [0.5, 0.6) is 0 Å². The summed E-state index contributed by atoms with van der Waals surface area (Å²) in [6, 6.07) is 3.08. The number of aromatic nitrogens is 1. The molecule has 0 aliphatic rings. The van der Waals surface area contributed by atoms with Crippen LogP contribution in [0.1, 0.15) is 30.5 Å². The second kappa shape index (κ2) is 6.66. The normalized spacial score (nSPS) is 12.6. The molecule has 1 unspecified atom stereocenters. The predicted octanol–water partition coefficient (Wildman–Crippen LogP) is 4.68. The first kappa shape index (κ1) is 14.7. The maximum Gasteiger partial charge on any atom is 0.141 e. The topological polar surface area (TPSA) is 24.9 Å². The van der Waals surface area contributed by atoms with Crippen molar-refractivity contribution in [2.45, 2.75) is 19.4 Å². The lowest BCUT2D eigenvalue weighted by molar-refractivity contribution is 0.581. The van der Waals surface area contributed by atoms with Crippen molar-refractivity contribution >= 4 is 34.5 Å². The summed E-state index contributed by atoms with van der Waals surface area (Å²) in [5, 5.41) is 3.34. The predicted molar refractivity (Wildman–Crippen MR) is 78.7 cm³/mol. The number of rotatable bonds is 5. The van der Waals surface area contributed by atoms with E-state index >= 15 is 0 Å². The third kappa shape index (κ3) is 3.66. The third-order valence-corrected chi connectivity index (χ3v) is 4.17. The Balaban J connectivity index is 2.38. The summed E-state index contributed by atoms with van der Waals surface area (Å²) in [5.74, 6) is -0.363. The first-order valence-corrected chi connectivity index (χ1v) is 7.47. The number of hydrogen-bond acceptors (Lipinski definition) is 3. The van der Waals surface area contributed by atoms with Gasteiger partial charge in [-0.05, 0) is 30.7 Å². The number of nitrogens with zero attached hydrogens (tertiary/aromatic N) is 1. The van der Waals surface area contributed by atoms with E-state index in [-0.39, 0.29) is 11.9 Å². The van der Waals surface area contributed by atoms with Gasteiger partial charge >= 0.3 is 0 Å². The van der Waals surface area contributed by atoms with Gasteiger partial charge < -0.3 is 5.32 Å². The first-order valence-electron chi connectivity index (χ1n) is 5.90. The molecule has 0 bridgehead atoms. The van der Waals surface area contributed by atoms with Crippen molar-refractivity contribution in [3.63, 3.8) is 0 Å². The highest BCUT2D eigenvalue weighted by Gasteiger charge is 2.19. The zero-order valence-corrected chi connectivity index (χ0v) is 12.6. The SMILES string of the molecule is CCCNC(c1cncc(F)c1)c1cc(Cl)sc1Cl. The number of pyridine rings is 1. The molecule has 0 aliphatic carbocycles. The van der Waals surface area contributed by atoms with E-state index in [1.165, 1.54) is 23.6 Å². The molecule has 0 saturated carbocycles. The molecule has 2 heterocycles. The molecular formula is C13H13Cl2FN2S. The molecule has 0 saturated heterocycles. The molecule has 0 fully saturated rings. The largest absolute Gasteiger partial charge is 0.306 e. The Morgan fingerprint density at radius 1 is 1.37 bits per heavy atom. The zero-order valence-electron chi connectivity index (χ0n) is 10.3. The Morgan fingerprint density at radius 3 is 2.74 bits per heavy atom. The Hall–Kier alpha value is -0.680. The van der Waals surface area contributed by atoms with Crippen LogP contribution < -0.4 is 5.32 Å². The first-order chi connectivity index (χ1) is 9.11. The lowest BCUT2D eigenvalue weighted by atomic mass is 10.0. The molecule has 0 aromatic carbocycles. The van der Waals surface area contributed by atoms with Crippen molar-refractivity contribution in [2.75, 3.05) is 6.54 Å². The summed E-state index contributed by atoms with van der Waals surface area (Å²) in [7, 11) is 0. The van der Waals surface area contributed by atoms with E-state index in [4.69, 9.17) is 23.2 Å². The number of halogens is 3. The highest BCUT2D eigenvalue weighted by Crippen LogP contribution is 2.37. The van der Waals surface area contributed by atoms with Crippen molar-refractivity contribution in [2.24, 2.45) is 0 Å². The van der Waals surface area contributed by atoms with E-state index < -0.39 is 0 Å². The second-order valence-corrected chi connectivity index (χ2v) is 6.39. The third-order valence-electron chi connectivity index (χ3n) is 2.65. The smallest absolute Gasteiger partial charge is 0.141 e. The molecular weight excluding hydrogens is 306 g/mol. The van der Waals surface area contributed by atoms with Crippen molar-refractivity contribution in [1.29, 1.82) is 0 Å². The van der Waals surface area contributed by atoms with Crippen LogP contribution >= 0.6 is 34.5 Å². The zero-order chi connectivity index (χ0) is 13.8. The molecule has 0 radical (unpaired) electrons. The van der Waals surface area contributed by atoms with Crippen LogP contribution in [0, 0.1) is 5.82 Å². The summed E-state index contributed by atoms with van der Waals surface area (Å²) >= 11 is 13.5. The summed E-state index contributed by atoms with van der Waals surface area (Å²) < 4.78 is 14.6. The van der Waals surface area contributed by atoms with E-state index in [0.29, 0.717) is 8.67 Å². The van der Waals surface area contributed by atoms with Gasteiger partial charge in [-0.25, -0.2) is 4.39 Å². The molecule has 0 aliphatic heterocycles. The van der Waals surface area contributed by atoms with E-state index in [1.807, 2.05) is 6.07 Å². The molecule has 19 heavy (non-hydrogen) atoms. The van der Waals surface area contributed by atoms with Gasteiger partial charge in [0.2, 0.25) is 0 Å². The molecule has 1 N–H and O–H groups in total. The fraction of sp³-hybridized carbons (Fsp3) is 0.308. The Morgan fingerprint density at radius 2 is 2.16 bits per heavy atom. The van der Waals surface area contributed by atoms with E-state index in [2.05, 4.69) is 17.2 Å². The van der Waals surface area contributed by atoms with Crippen LogP contribution in [0.15, 0.2) is 24.5 Å². The van der Waals surface area contributed by atoms with E-state index in [9.17, 15) is 4.39 Å². The minimum atomic E-state index is -0.363. The quantitative estimate of drug-likeness (QED) is 0.866. The fourth-order valence-electron chi connectivity index (χ4n) is 1.83. The van der Waals surface area contributed by atoms with Crippen molar-refractivity contribution < 1.29 is 4.39 Å². The van der Waals surface area contributed by atoms with Gasteiger partial charge in [-0.1, -0.05) is 30.1 Å². The molecule has 0 spiro atoms. The molecule has 0 amide bonds. The van der Waals surface area contributed by atoms with E-state index in [0.717, 1.165) is 24.1 Å². The number of hydrogen-bond donors (Lipinski definition) is 1. The maximum absolute atomic E-state index is 13.3. The highest BCUT2D eigenvalue weighted by molar-refractivity contribution is 7.20. The van der Waals surface area contributed by atoms with Crippen LogP contribution in [0.2, 0.25) is 8.67 Å². The number of thiophene rings is 1. The van der Waals surface area contributed by atoms with Gasteiger partial charge in [-0.2, -0.15) is 0 Å². The highest BCUT2D eigenvalue weighted by atomic mass is 35.5. The van der Waals surface area contributed by atoms with Gasteiger partial charge in [-0.3, -0.25) is 4.98 Å². The van der Waals surface area contributed by atoms with Crippen LogP contribution in [0.3, 0.4) is 0 Å². The van der Waals surface area contributed by atoms with Gasteiger partial charge in [-0.15, -0.1) is 11.3 Å². The van der Waals surface area contributed by atoms with Gasteiger partial charge in [0.25, 0.3) is 0 Å². The average molecular weight is 319 g/mol. The molecule has 6 heteroatoms. The Bertz CT molecular complexity index is 559. The summed E-state index contributed by atoms with van der Waals surface area (Å²) in [4.78, 5) is 3.89. The minimum absolute atomic E-state index is 0.195. The summed E-state index contributed by atoms with van der Waals surface area (Å²) in [6.07, 6.45) is 3.79. The van der Waals surface area contributed by atoms with Crippen LogP contribution in [-0.4, -0.2) is 11.5 Å². The maximum atomic E-state index is 13.3. The van der Waals surface area contributed by atoms with Gasteiger partial charge in [0.15, 0.2) is 0 Å². The lowest BCUT2D eigenvalue weighted by Gasteiger charge is -2.18. The molecule has 2 nitrogen and oxygen atoms in total. The van der Waals surface area contributed by atoms with Crippen molar-refractivity contribution in [3.05, 3.63) is 50.1 Å². The molecule has 2 aromatic rings. The fourth-order valence-corrected chi connectivity index (χ4v) is 3.36. The monoisotopic (exact) mass is 318 g/mol. The van der Waals surface area contributed by atoms with Crippen LogP contribution in [-0.2, 0) is 0 Å². The Labute approximate surface area is 125 Å². The standard InChI is InChI=1S/C13H13Cl2FN2S/c1-2-3-18-12(8-4-9(16)7-17-6-8)10-5-11(14)19-13(10)15/h4-7,12,18H,2-3H2,1H3. The second-order valence-electron chi connectivity index (χ2n) is 4.10. The summed E-state index contributed by atoms with van der Waals surface area (Å²) in [6.45, 7) is 2.86. The molecule has 102 valence electrons. The van der Waals surface area contributed by atoms with Gasteiger partial charge in [0.1, 0.15) is 5.82 Å². The molecule has 2 aromatic heterocycles. The minimum Gasteiger partial charge on any atom is -0.306 e. The molecule has 1 atom stereocenters. The number of nitrogens with one attached hydrogen (secondary N) is 1. The van der Waals surface area contributed by atoms with Crippen LogP contribution in [0.4, 0.5) is 4.39 Å². The Kier molecular flexibility index (Phi) is 5.16. The lowest BCUT2D eigenvalue weighted by Crippen LogP contribution is -2.23. The van der Waals surface area contributed by atoms with E-state index in [1.54, 1.807) is 6.20 Å². The summed E-state index contributed by atoms with van der Waals surface area (Å²) in [5.41, 5.74) is 1.60. The van der Waals surface area contributed by atoms with Crippen molar-refractivity contribution in [3.8, 4) is 0 Å². The average Bonchev–Trinajstić information content (AvgIpc) is 2.69. The van der Waals surface area contributed by atoms with Gasteiger partial charge in [0.05, 0.1) is 20.9 Å². The van der Waals surface area contributed by atoms with Crippen LogP contribution in [0.25, 0.3) is 0 Å². The van der Waals surface area contributed by atoms with Gasteiger partial charge in [0, 0.05) is 11.8 Å². The van der Waals surface area contributed by atoms with Crippen molar-refractivity contribution in [1.82, 2.24) is 10.3 Å².